The zero-order valence-electron chi connectivity index (χ0n) is 9.19. The van der Waals surface area contributed by atoms with Gasteiger partial charge in [-0.2, -0.15) is 0 Å². The number of carbonyl (C=O) groups is 1. The van der Waals surface area contributed by atoms with Crippen LogP contribution < -0.4 is 5.73 Å². The Kier molecular flexibility index (Phi) is 3.41. The molecule has 1 fully saturated rings. The molecule has 0 bridgehead atoms. The number of rotatable bonds is 2. The number of amides is 1. The van der Waals surface area contributed by atoms with Gasteiger partial charge in [0.15, 0.2) is 0 Å². The van der Waals surface area contributed by atoms with E-state index in [1.54, 1.807) is 12.1 Å². The molecule has 4 nitrogen and oxygen atoms in total. The van der Waals surface area contributed by atoms with E-state index in [9.17, 15) is 4.79 Å². The lowest BCUT2D eigenvalue weighted by Crippen LogP contribution is -2.36. The van der Waals surface area contributed by atoms with Gasteiger partial charge in [-0.3, -0.25) is 9.63 Å². The Bertz CT molecular complexity index is 356. The second kappa shape index (κ2) is 4.99. The molecule has 1 saturated heterocycles. The molecule has 2 N–H and O–H groups in total. The van der Waals surface area contributed by atoms with E-state index in [0.717, 1.165) is 18.4 Å². The average molecular weight is 220 g/mol. The van der Waals surface area contributed by atoms with Crippen LogP contribution in [-0.4, -0.2) is 24.1 Å². The van der Waals surface area contributed by atoms with Crippen LogP contribution in [0.1, 0.15) is 18.4 Å². The average Bonchev–Trinajstić information content (AvgIpc) is 2.33. The van der Waals surface area contributed by atoms with Crippen molar-refractivity contribution in [3.05, 3.63) is 29.8 Å². The third-order valence-electron chi connectivity index (χ3n) is 2.62. The minimum Gasteiger partial charge on any atom is -0.399 e. The SMILES string of the molecule is Nc1ccc(CC(=O)N2CCCCO2)cc1. The van der Waals surface area contributed by atoms with Crippen LogP contribution >= 0.6 is 0 Å². The number of carbonyl (C=O) groups excluding carboxylic acids is 1. The summed E-state index contributed by atoms with van der Waals surface area (Å²) in [7, 11) is 0. The van der Waals surface area contributed by atoms with Gasteiger partial charge in [0.25, 0.3) is 5.91 Å². The maximum absolute atomic E-state index is 11.8. The van der Waals surface area contributed by atoms with Gasteiger partial charge in [-0.1, -0.05) is 12.1 Å². The number of hydroxylamine groups is 2. The monoisotopic (exact) mass is 220 g/mol. The lowest BCUT2D eigenvalue weighted by Gasteiger charge is -2.25. The number of anilines is 1. The summed E-state index contributed by atoms with van der Waals surface area (Å²) >= 11 is 0. The smallest absolute Gasteiger partial charge is 0.250 e. The standard InChI is InChI=1S/C12H16N2O2/c13-11-5-3-10(4-6-11)9-12(15)14-7-1-2-8-16-14/h3-6H,1-2,7-9,13H2. The van der Waals surface area contributed by atoms with E-state index < -0.39 is 0 Å². The highest BCUT2D eigenvalue weighted by Crippen LogP contribution is 2.11. The molecule has 1 heterocycles. The molecule has 0 spiro atoms. The molecule has 0 radical (unpaired) electrons. The summed E-state index contributed by atoms with van der Waals surface area (Å²) in [6.07, 6.45) is 2.43. The van der Waals surface area contributed by atoms with E-state index in [2.05, 4.69) is 0 Å². The molecule has 2 rings (SSSR count). The minimum absolute atomic E-state index is 0.0180. The summed E-state index contributed by atoms with van der Waals surface area (Å²) in [6.45, 7) is 1.35. The molecule has 4 heteroatoms. The molecule has 0 atom stereocenters. The Labute approximate surface area is 94.9 Å². The van der Waals surface area contributed by atoms with E-state index in [1.165, 1.54) is 5.06 Å². The summed E-state index contributed by atoms with van der Waals surface area (Å²) in [4.78, 5) is 17.1. The van der Waals surface area contributed by atoms with Crippen molar-refractivity contribution >= 4 is 11.6 Å². The Balaban J connectivity index is 1.93. The number of hydrogen-bond acceptors (Lipinski definition) is 3. The molecule has 1 aromatic carbocycles. The lowest BCUT2D eigenvalue weighted by molar-refractivity contribution is -0.196. The second-order valence-corrected chi connectivity index (χ2v) is 3.95. The summed E-state index contributed by atoms with van der Waals surface area (Å²) in [5.74, 6) is 0.0180. The van der Waals surface area contributed by atoms with Crippen LogP contribution in [0.5, 0.6) is 0 Å². The number of nitrogens with zero attached hydrogens (tertiary/aromatic N) is 1. The van der Waals surface area contributed by atoms with E-state index in [4.69, 9.17) is 10.6 Å². The molecule has 16 heavy (non-hydrogen) atoms. The van der Waals surface area contributed by atoms with Crippen LogP contribution in [0.4, 0.5) is 5.69 Å². The topological polar surface area (TPSA) is 55.6 Å². The van der Waals surface area contributed by atoms with Gasteiger partial charge in [0.05, 0.1) is 13.0 Å². The van der Waals surface area contributed by atoms with Crippen LogP contribution in [0, 0.1) is 0 Å². The Morgan fingerprint density at radius 2 is 2.06 bits per heavy atom. The van der Waals surface area contributed by atoms with Gasteiger partial charge in [-0.05, 0) is 30.5 Å². The van der Waals surface area contributed by atoms with Crippen LogP contribution in [-0.2, 0) is 16.1 Å². The van der Waals surface area contributed by atoms with E-state index in [0.29, 0.717) is 25.3 Å². The van der Waals surface area contributed by atoms with Gasteiger partial charge < -0.3 is 5.73 Å². The Morgan fingerprint density at radius 3 is 2.69 bits per heavy atom. The van der Waals surface area contributed by atoms with Crippen molar-refractivity contribution in [2.45, 2.75) is 19.3 Å². The van der Waals surface area contributed by atoms with E-state index in [1.807, 2.05) is 12.1 Å². The van der Waals surface area contributed by atoms with E-state index in [-0.39, 0.29) is 5.91 Å². The fourth-order valence-electron chi connectivity index (χ4n) is 1.69. The zero-order valence-corrected chi connectivity index (χ0v) is 9.19. The highest BCUT2D eigenvalue weighted by atomic mass is 16.7. The molecule has 0 saturated carbocycles. The number of nitrogen functional groups attached to an aromatic ring is 1. The van der Waals surface area contributed by atoms with Crippen molar-refractivity contribution < 1.29 is 9.63 Å². The molecular weight excluding hydrogens is 204 g/mol. The maximum Gasteiger partial charge on any atom is 0.250 e. The van der Waals surface area contributed by atoms with Gasteiger partial charge in [0, 0.05) is 12.2 Å². The van der Waals surface area contributed by atoms with Crippen LogP contribution in [0.15, 0.2) is 24.3 Å². The van der Waals surface area contributed by atoms with Crippen LogP contribution in [0.25, 0.3) is 0 Å². The molecule has 0 aromatic heterocycles. The predicted molar refractivity (Wildman–Crippen MR) is 61.5 cm³/mol. The fourth-order valence-corrected chi connectivity index (χ4v) is 1.69. The first kappa shape index (κ1) is 11.0. The van der Waals surface area contributed by atoms with Gasteiger partial charge in [-0.25, -0.2) is 5.06 Å². The number of nitrogens with two attached hydrogens (primary N) is 1. The highest BCUT2D eigenvalue weighted by Gasteiger charge is 2.17. The summed E-state index contributed by atoms with van der Waals surface area (Å²) in [6, 6.07) is 7.35. The first-order chi connectivity index (χ1) is 7.75. The zero-order chi connectivity index (χ0) is 11.4. The van der Waals surface area contributed by atoms with Crippen LogP contribution in [0.2, 0.25) is 0 Å². The van der Waals surface area contributed by atoms with Crippen molar-refractivity contribution in [3.63, 3.8) is 0 Å². The summed E-state index contributed by atoms with van der Waals surface area (Å²) in [5.41, 5.74) is 7.26. The molecule has 1 aliphatic rings. The Morgan fingerprint density at radius 1 is 1.31 bits per heavy atom. The van der Waals surface area contributed by atoms with Crippen molar-refractivity contribution in [2.24, 2.45) is 0 Å². The second-order valence-electron chi connectivity index (χ2n) is 3.95. The molecule has 86 valence electrons. The van der Waals surface area contributed by atoms with Crippen molar-refractivity contribution in [2.75, 3.05) is 18.9 Å². The normalized spacial score (nSPS) is 16.1. The number of hydrogen-bond donors (Lipinski definition) is 1. The van der Waals surface area contributed by atoms with Crippen molar-refractivity contribution in [3.8, 4) is 0 Å². The van der Waals surface area contributed by atoms with Crippen LogP contribution in [0.3, 0.4) is 0 Å². The summed E-state index contributed by atoms with van der Waals surface area (Å²) in [5, 5.41) is 1.47. The first-order valence-corrected chi connectivity index (χ1v) is 5.53. The maximum atomic E-state index is 11.8. The molecule has 0 unspecified atom stereocenters. The van der Waals surface area contributed by atoms with Crippen molar-refractivity contribution in [1.29, 1.82) is 0 Å². The molecular formula is C12H16N2O2. The quantitative estimate of drug-likeness (QED) is 0.766. The van der Waals surface area contributed by atoms with Gasteiger partial charge in [0.1, 0.15) is 0 Å². The fraction of sp³-hybridized carbons (Fsp3) is 0.417. The largest absolute Gasteiger partial charge is 0.399 e. The molecule has 0 aliphatic carbocycles. The minimum atomic E-state index is 0.0180. The van der Waals surface area contributed by atoms with Gasteiger partial charge >= 0.3 is 0 Å². The first-order valence-electron chi connectivity index (χ1n) is 5.53. The molecule has 1 aromatic rings. The van der Waals surface area contributed by atoms with E-state index >= 15 is 0 Å². The van der Waals surface area contributed by atoms with Gasteiger partial charge in [-0.15, -0.1) is 0 Å². The molecule has 1 amide bonds. The molecule has 1 aliphatic heterocycles. The number of benzene rings is 1. The third-order valence-corrected chi connectivity index (χ3v) is 2.62. The van der Waals surface area contributed by atoms with Gasteiger partial charge in [0.2, 0.25) is 0 Å². The third kappa shape index (κ3) is 2.73. The highest BCUT2D eigenvalue weighted by molar-refractivity contribution is 5.77. The predicted octanol–water partition coefficient (Wildman–Crippen LogP) is 1.37. The Hall–Kier alpha value is -1.55. The summed E-state index contributed by atoms with van der Waals surface area (Å²) < 4.78 is 0. The van der Waals surface area contributed by atoms with Crippen molar-refractivity contribution in [1.82, 2.24) is 5.06 Å². The lowest BCUT2D eigenvalue weighted by atomic mass is 10.1.